The van der Waals surface area contributed by atoms with E-state index in [4.69, 9.17) is 4.74 Å². The summed E-state index contributed by atoms with van der Waals surface area (Å²) in [5.74, 6) is -0.498. The molecule has 1 atom stereocenters. The fourth-order valence-corrected chi connectivity index (χ4v) is 1.34. The highest BCUT2D eigenvalue weighted by Crippen LogP contribution is 2.12. The second kappa shape index (κ2) is 6.23. The smallest absolute Gasteiger partial charge is 0.246 e. The van der Waals surface area contributed by atoms with Crippen LogP contribution in [0.5, 0.6) is 0 Å². The molecule has 4 heteroatoms. The SMILES string of the molecule is CCOCC(=O)N[C@H](C)c1cccc(F)c1. The highest BCUT2D eigenvalue weighted by atomic mass is 19.1. The minimum Gasteiger partial charge on any atom is -0.372 e. The van der Waals surface area contributed by atoms with E-state index in [0.29, 0.717) is 6.61 Å². The fraction of sp³-hybridized carbons (Fsp3) is 0.417. The van der Waals surface area contributed by atoms with Gasteiger partial charge < -0.3 is 10.1 Å². The van der Waals surface area contributed by atoms with Crippen LogP contribution in [0.1, 0.15) is 25.5 Å². The second-order valence-electron chi connectivity index (χ2n) is 3.48. The molecule has 1 amide bonds. The zero-order chi connectivity index (χ0) is 12.0. The summed E-state index contributed by atoms with van der Waals surface area (Å²) in [7, 11) is 0. The summed E-state index contributed by atoms with van der Waals surface area (Å²) < 4.78 is 17.9. The van der Waals surface area contributed by atoms with Crippen LogP contribution in [0.25, 0.3) is 0 Å². The minimum absolute atomic E-state index is 0.0379. The van der Waals surface area contributed by atoms with Crippen LogP contribution in [0.15, 0.2) is 24.3 Å². The molecule has 16 heavy (non-hydrogen) atoms. The summed E-state index contributed by atoms with van der Waals surface area (Å²) in [6, 6.07) is 5.96. The third-order valence-corrected chi connectivity index (χ3v) is 2.16. The van der Waals surface area contributed by atoms with Crippen molar-refractivity contribution in [2.75, 3.05) is 13.2 Å². The Balaban J connectivity index is 2.52. The molecule has 88 valence electrons. The molecular weight excluding hydrogens is 209 g/mol. The van der Waals surface area contributed by atoms with Gasteiger partial charge in [-0.25, -0.2) is 4.39 Å². The molecule has 0 bridgehead atoms. The van der Waals surface area contributed by atoms with Gasteiger partial charge in [0.25, 0.3) is 0 Å². The van der Waals surface area contributed by atoms with Crippen LogP contribution in [0, 0.1) is 5.82 Å². The number of hydrogen-bond acceptors (Lipinski definition) is 2. The standard InChI is InChI=1S/C12H16FNO2/c1-3-16-8-12(15)14-9(2)10-5-4-6-11(13)7-10/h4-7,9H,3,8H2,1-2H3,(H,14,15)/t9-/m1/s1. The maximum Gasteiger partial charge on any atom is 0.246 e. The van der Waals surface area contributed by atoms with Gasteiger partial charge in [0.05, 0.1) is 6.04 Å². The lowest BCUT2D eigenvalue weighted by Gasteiger charge is -2.14. The van der Waals surface area contributed by atoms with Gasteiger partial charge in [-0.15, -0.1) is 0 Å². The molecule has 0 aromatic heterocycles. The number of benzene rings is 1. The Morgan fingerprint density at radius 2 is 2.31 bits per heavy atom. The molecule has 0 aliphatic heterocycles. The van der Waals surface area contributed by atoms with Gasteiger partial charge >= 0.3 is 0 Å². The van der Waals surface area contributed by atoms with Crippen molar-refractivity contribution in [2.45, 2.75) is 19.9 Å². The van der Waals surface area contributed by atoms with Crippen LogP contribution >= 0.6 is 0 Å². The van der Waals surface area contributed by atoms with Gasteiger partial charge in [0.2, 0.25) is 5.91 Å². The Hall–Kier alpha value is -1.42. The van der Waals surface area contributed by atoms with E-state index in [9.17, 15) is 9.18 Å². The lowest BCUT2D eigenvalue weighted by molar-refractivity contribution is -0.126. The Labute approximate surface area is 94.6 Å². The van der Waals surface area contributed by atoms with Crippen LogP contribution < -0.4 is 5.32 Å². The minimum atomic E-state index is -0.302. The quantitative estimate of drug-likeness (QED) is 0.832. The predicted octanol–water partition coefficient (Wildman–Crippen LogP) is 2.04. The number of halogens is 1. The number of amides is 1. The average molecular weight is 225 g/mol. The first-order valence-electron chi connectivity index (χ1n) is 5.26. The van der Waals surface area contributed by atoms with Crippen molar-refractivity contribution in [3.8, 4) is 0 Å². The van der Waals surface area contributed by atoms with E-state index in [1.165, 1.54) is 12.1 Å². The molecule has 0 saturated carbocycles. The van der Waals surface area contributed by atoms with E-state index in [1.807, 2.05) is 6.92 Å². The lowest BCUT2D eigenvalue weighted by Crippen LogP contribution is -2.30. The first-order chi connectivity index (χ1) is 7.63. The van der Waals surface area contributed by atoms with E-state index in [1.54, 1.807) is 19.1 Å². The number of ether oxygens (including phenoxy) is 1. The monoisotopic (exact) mass is 225 g/mol. The van der Waals surface area contributed by atoms with Crippen molar-refractivity contribution in [3.05, 3.63) is 35.6 Å². The summed E-state index contributed by atoms with van der Waals surface area (Å²) in [4.78, 5) is 11.3. The van der Waals surface area contributed by atoms with Crippen molar-refractivity contribution >= 4 is 5.91 Å². The predicted molar refractivity (Wildman–Crippen MR) is 59.5 cm³/mol. The Morgan fingerprint density at radius 1 is 1.56 bits per heavy atom. The van der Waals surface area contributed by atoms with Gasteiger partial charge in [-0.1, -0.05) is 12.1 Å². The molecule has 0 fully saturated rings. The molecule has 0 saturated heterocycles. The van der Waals surface area contributed by atoms with Gasteiger partial charge in [-0.05, 0) is 31.5 Å². The van der Waals surface area contributed by atoms with Crippen LogP contribution in [0.2, 0.25) is 0 Å². The number of hydrogen-bond donors (Lipinski definition) is 1. The summed E-state index contributed by atoms with van der Waals surface area (Å²) in [5.41, 5.74) is 0.741. The highest BCUT2D eigenvalue weighted by Gasteiger charge is 2.09. The Morgan fingerprint density at radius 3 is 2.94 bits per heavy atom. The van der Waals surface area contributed by atoms with Gasteiger partial charge in [0.15, 0.2) is 0 Å². The number of nitrogens with one attached hydrogen (secondary N) is 1. The third kappa shape index (κ3) is 3.98. The molecule has 0 unspecified atom stereocenters. The number of rotatable bonds is 5. The Bertz CT molecular complexity index is 355. The highest BCUT2D eigenvalue weighted by molar-refractivity contribution is 5.77. The number of carbonyl (C=O) groups excluding carboxylic acids is 1. The first-order valence-corrected chi connectivity index (χ1v) is 5.26. The normalized spacial score (nSPS) is 12.2. The topological polar surface area (TPSA) is 38.3 Å². The molecule has 1 aromatic carbocycles. The Kier molecular flexibility index (Phi) is 4.92. The molecular formula is C12H16FNO2. The van der Waals surface area contributed by atoms with Crippen LogP contribution in [-0.2, 0) is 9.53 Å². The zero-order valence-corrected chi connectivity index (χ0v) is 9.50. The van der Waals surface area contributed by atoms with Crippen molar-refractivity contribution < 1.29 is 13.9 Å². The molecule has 0 radical (unpaired) electrons. The number of carbonyl (C=O) groups is 1. The summed E-state index contributed by atoms with van der Waals surface area (Å²) in [5, 5.41) is 2.73. The average Bonchev–Trinajstić information content (AvgIpc) is 2.26. The molecule has 0 aliphatic carbocycles. The van der Waals surface area contributed by atoms with Crippen LogP contribution in [0.3, 0.4) is 0 Å². The maximum absolute atomic E-state index is 12.9. The van der Waals surface area contributed by atoms with Crippen molar-refractivity contribution in [2.24, 2.45) is 0 Å². The second-order valence-corrected chi connectivity index (χ2v) is 3.48. The maximum atomic E-state index is 12.9. The summed E-state index contributed by atoms with van der Waals surface area (Å²) in [6.45, 7) is 4.17. The van der Waals surface area contributed by atoms with Crippen LogP contribution in [0.4, 0.5) is 4.39 Å². The fourth-order valence-electron chi connectivity index (χ4n) is 1.34. The van der Waals surface area contributed by atoms with E-state index in [-0.39, 0.29) is 24.4 Å². The van der Waals surface area contributed by atoms with Gasteiger partial charge in [0.1, 0.15) is 12.4 Å². The lowest BCUT2D eigenvalue weighted by atomic mass is 10.1. The molecule has 0 aliphatic rings. The van der Waals surface area contributed by atoms with Gasteiger partial charge in [0, 0.05) is 6.61 Å². The molecule has 1 rings (SSSR count). The van der Waals surface area contributed by atoms with E-state index < -0.39 is 0 Å². The summed E-state index contributed by atoms with van der Waals surface area (Å²) >= 11 is 0. The van der Waals surface area contributed by atoms with Crippen molar-refractivity contribution in [1.82, 2.24) is 5.32 Å². The zero-order valence-electron chi connectivity index (χ0n) is 9.50. The van der Waals surface area contributed by atoms with Crippen LogP contribution in [-0.4, -0.2) is 19.1 Å². The van der Waals surface area contributed by atoms with Crippen molar-refractivity contribution in [3.63, 3.8) is 0 Å². The molecule has 0 spiro atoms. The van der Waals surface area contributed by atoms with Crippen molar-refractivity contribution in [1.29, 1.82) is 0 Å². The van der Waals surface area contributed by atoms with E-state index in [0.717, 1.165) is 5.56 Å². The summed E-state index contributed by atoms with van der Waals surface area (Å²) in [6.07, 6.45) is 0. The molecule has 3 nitrogen and oxygen atoms in total. The van der Waals surface area contributed by atoms with E-state index >= 15 is 0 Å². The molecule has 1 N–H and O–H groups in total. The molecule has 0 heterocycles. The largest absolute Gasteiger partial charge is 0.372 e. The molecule has 1 aromatic rings. The first kappa shape index (κ1) is 12.6. The van der Waals surface area contributed by atoms with Gasteiger partial charge in [-0.2, -0.15) is 0 Å². The van der Waals surface area contributed by atoms with Gasteiger partial charge in [-0.3, -0.25) is 4.79 Å². The third-order valence-electron chi connectivity index (χ3n) is 2.16. The van der Waals surface area contributed by atoms with E-state index in [2.05, 4.69) is 5.32 Å².